The SMILES string of the molecule is CS(=O)(=O)C1(C(=O)NCCNC(=O)Cc2cccc(F)c2)CCNCC1. The van der Waals surface area contributed by atoms with Gasteiger partial charge in [0.05, 0.1) is 6.42 Å². The highest BCUT2D eigenvalue weighted by molar-refractivity contribution is 7.92. The van der Waals surface area contributed by atoms with E-state index in [9.17, 15) is 22.4 Å². The third kappa shape index (κ3) is 5.01. The maximum Gasteiger partial charge on any atom is 0.241 e. The number of carbonyl (C=O) groups excluding carboxylic acids is 2. The van der Waals surface area contributed by atoms with E-state index in [1.165, 1.54) is 18.2 Å². The smallest absolute Gasteiger partial charge is 0.241 e. The second-order valence-corrected chi connectivity index (χ2v) is 8.75. The van der Waals surface area contributed by atoms with Crippen molar-refractivity contribution >= 4 is 21.7 Å². The number of amides is 2. The first-order valence-corrected chi connectivity index (χ1v) is 10.3. The van der Waals surface area contributed by atoms with Crippen LogP contribution >= 0.6 is 0 Å². The molecule has 0 aromatic heterocycles. The highest BCUT2D eigenvalue weighted by Crippen LogP contribution is 2.27. The molecule has 1 saturated heterocycles. The zero-order chi connectivity index (χ0) is 19.2. The molecule has 0 aliphatic carbocycles. The fourth-order valence-electron chi connectivity index (χ4n) is 3.03. The van der Waals surface area contributed by atoms with Crippen LogP contribution in [0.4, 0.5) is 4.39 Å². The van der Waals surface area contributed by atoms with Crippen LogP contribution in [0.3, 0.4) is 0 Å². The van der Waals surface area contributed by atoms with Gasteiger partial charge in [-0.15, -0.1) is 0 Å². The van der Waals surface area contributed by atoms with Gasteiger partial charge in [0.1, 0.15) is 5.82 Å². The van der Waals surface area contributed by atoms with Gasteiger partial charge in [0.25, 0.3) is 0 Å². The van der Waals surface area contributed by atoms with E-state index in [0.717, 1.165) is 6.26 Å². The molecule has 0 unspecified atom stereocenters. The predicted molar refractivity (Wildman–Crippen MR) is 95.8 cm³/mol. The Hall–Kier alpha value is -2.00. The molecule has 0 radical (unpaired) electrons. The van der Waals surface area contributed by atoms with Crippen molar-refractivity contribution in [2.75, 3.05) is 32.4 Å². The molecule has 144 valence electrons. The Morgan fingerprint density at radius 1 is 1.19 bits per heavy atom. The fourth-order valence-corrected chi connectivity index (χ4v) is 4.39. The molecule has 1 fully saturated rings. The second kappa shape index (κ2) is 8.59. The van der Waals surface area contributed by atoms with Gasteiger partial charge >= 0.3 is 0 Å². The van der Waals surface area contributed by atoms with Crippen molar-refractivity contribution in [2.24, 2.45) is 0 Å². The van der Waals surface area contributed by atoms with E-state index >= 15 is 0 Å². The van der Waals surface area contributed by atoms with E-state index in [2.05, 4.69) is 16.0 Å². The molecule has 1 heterocycles. The average molecular weight is 385 g/mol. The minimum Gasteiger partial charge on any atom is -0.354 e. The molecule has 0 bridgehead atoms. The molecular formula is C17H24FN3O4S. The number of nitrogens with one attached hydrogen (secondary N) is 3. The quantitative estimate of drug-likeness (QED) is 0.563. The Morgan fingerprint density at radius 3 is 2.46 bits per heavy atom. The molecule has 1 aliphatic rings. The largest absolute Gasteiger partial charge is 0.354 e. The first-order chi connectivity index (χ1) is 12.2. The molecule has 7 nitrogen and oxygen atoms in total. The van der Waals surface area contributed by atoms with Gasteiger partial charge < -0.3 is 16.0 Å². The van der Waals surface area contributed by atoms with Crippen molar-refractivity contribution in [3.63, 3.8) is 0 Å². The lowest BCUT2D eigenvalue weighted by molar-refractivity contribution is -0.125. The summed E-state index contributed by atoms with van der Waals surface area (Å²) in [7, 11) is -3.56. The highest BCUT2D eigenvalue weighted by atomic mass is 32.2. The van der Waals surface area contributed by atoms with Gasteiger partial charge in [-0.1, -0.05) is 12.1 Å². The minimum atomic E-state index is -3.56. The summed E-state index contributed by atoms with van der Waals surface area (Å²) in [5.41, 5.74) is 0.553. The number of benzene rings is 1. The van der Waals surface area contributed by atoms with Gasteiger partial charge in [0.15, 0.2) is 14.6 Å². The minimum absolute atomic E-state index is 0.0324. The van der Waals surface area contributed by atoms with Crippen LogP contribution in [0.1, 0.15) is 18.4 Å². The molecule has 3 N–H and O–H groups in total. The summed E-state index contributed by atoms with van der Waals surface area (Å²) in [4.78, 5) is 24.3. The molecule has 2 amide bonds. The zero-order valence-electron chi connectivity index (χ0n) is 14.7. The lowest BCUT2D eigenvalue weighted by Gasteiger charge is -2.34. The van der Waals surface area contributed by atoms with Crippen molar-refractivity contribution in [1.29, 1.82) is 0 Å². The van der Waals surface area contributed by atoms with Gasteiger partial charge in [0.2, 0.25) is 11.8 Å². The van der Waals surface area contributed by atoms with Crippen molar-refractivity contribution in [2.45, 2.75) is 24.0 Å². The number of halogens is 1. The van der Waals surface area contributed by atoms with Gasteiger partial charge in [-0.25, -0.2) is 12.8 Å². The van der Waals surface area contributed by atoms with Crippen LogP contribution in [-0.4, -0.2) is 57.4 Å². The molecule has 0 atom stereocenters. The van der Waals surface area contributed by atoms with E-state index < -0.39 is 26.3 Å². The lowest BCUT2D eigenvalue weighted by atomic mass is 9.96. The standard InChI is InChI=1S/C17H24FN3O4S/c1-26(24,25)17(5-7-19-8-6-17)16(23)21-10-9-20-15(22)12-13-3-2-4-14(18)11-13/h2-4,11,19H,5-10,12H2,1H3,(H,20,22)(H,21,23). The van der Waals surface area contributed by atoms with Crippen molar-refractivity contribution in [1.82, 2.24) is 16.0 Å². The van der Waals surface area contributed by atoms with E-state index in [0.29, 0.717) is 18.7 Å². The first kappa shape index (κ1) is 20.3. The Bertz CT molecular complexity index is 761. The van der Waals surface area contributed by atoms with E-state index in [-0.39, 0.29) is 38.3 Å². The maximum absolute atomic E-state index is 13.1. The van der Waals surface area contributed by atoms with Crippen molar-refractivity contribution < 1.29 is 22.4 Å². The van der Waals surface area contributed by atoms with Gasteiger partial charge in [-0.05, 0) is 43.6 Å². The summed E-state index contributed by atoms with van der Waals surface area (Å²) < 4.78 is 35.9. The summed E-state index contributed by atoms with van der Waals surface area (Å²) in [6, 6.07) is 5.77. The van der Waals surface area contributed by atoms with E-state index in [4.69, 9.17) is 0 Å². The molecule has 26 heavy (non-hydrogen) atoms. The summed E-state index contributed by atoms with van der Waals surface area (Å²) in [5, 5.41) is 8.28. The van der Waals surface area contributed by atoms with Crippen LogP contribution in [0.2, 0.25) is 0 Å². The summed E-state index contributed by atoms with van der Waals surface area (Å²) in [5.74, 6) is -1.24. The van der Waals surface area contributed by atoms with Crippen LogP contribution in [0.15, 0.2) is 24.3 Å². The topological polar surface area (TPSA) is 104 Å². The zero-order valence-corrected chi connectivity index (χ0v) is 15.5. The van der Waals surface area contributed by atoms with E-state index in [1.54, 1.807) is 6.07 Å². The second-order valence-electron chi connectivity index (χ2n) is 6.43. The molecule has 1 aliphatic heterocycles. The number of piperidine rings is 1. The van der Waals surface area contributed by atoms with Crippen LogP contribution in [-0.2, 0) is 25.8 Å². The third-order valence-electron chi connectivity index (χ3n) is 4.52. The Kier molecular flexibility index (Phi) is 6.71. The van der Waals surface area contributed by atoms with Crippen molar-refractivity contribution in [3.05, 3.63) is 35.6 Å². The van der Waals surface area contributed by atoms with Crippen LogP contribution in [0, 0.1) is 5.82 Å². The average Bonchev–Trinajstić information content (AvgIpc) is 2.58. The fraction of sp³-hybridized carbons (Fsp3) is 0.529. The van der Waals surface area contributed by atoms with Gasteiger partial charge in [-0.2, -0.15) is 0 Å². The third-order valence-corrected chi connectivity index (χ3v) is 6.53. The van der Waals surface area contributed by atoms with Crippen LogP contribution < -0.4 is 16.0 Å². The summed E-state index contributed by atoms with van der Waals surface area (Å²) in [6.45, 7) is 1.21. The Morgan fingerprint density at radius 2 is 1.85 bits per heavy atom. The monoisotopic (exact) mass is 385 g/mol. The normalized spacial score (nSPS) is 16.7. The molecule has 1 aromatic rings. The number of carbonyl (C=O) groups is 2. The Labute approximate surface area is 152 Å². The molecule has 1 aromatic carbocycles. The first-order valence-electron chi connectivity index (χ1n) is 8.44. The highest BCUT2D eigenvalue weighted by Gasteiger charge is 2.48. The lowest BCUT2D eigenvalue weighted by Crippen LogP contribution is -2.57. The molecule has 0 saturated carbocycles. The Balaban J connectivity index is 1.81. The molecule has 0 spiro atoms. The predicted octanol–water partition coefficient (Wildman–Crippen LogP) is -0.233. The summed E-state index contributed by atoms with van der Waals surface area (Å²) in [6.07, 6.45) is 1.57. The van der Waals surface area contributed by atoms with Crippen LogP contribution in [0.5, 0.6) is 0 Å². The number of hydrogen-bond acceptors (Lipinski definition) is 5. The number of sulfone groups is 1. The van der Waals surface area contributed by atoms with Crippen LogP contribution in [0.25, 0.3) is 0 Å². The number of hydrogen-bond donors (Lipinski definition) is 3. The van der Waals surface area contributed by atoms with Gasteiger partial charge in [-0.3, -0.25) is 9.59 Å². The molecule has 2 rings (SSSR count). The van der Waals surface area contributed by atoms with Crippen molar-refractivity contribution in [3.8, 4) is 0 Å². The van der Waals surface area contributed by atoms with E-state index in [1.807, 2.05) is 0 Å². The maximum atomic E-state index is 13.1. The number of rotatable bonds is 7. The molecule has 9 heteroatoms. The summed E-state index contributed by atoms with van der Waals surface area (Å²) >= 11 is 0. The molecular weight excluding hydrogens is 361 g/mol. The van der Waals surface area contributed by atoms with Gasteiger partial charge in [0, 0.05) is 19.3 Å².